The highest BCUT2D eigenvalue weighted by Gasteiger charge is 2.67. The molecule has 6 atom stereocenters. The Morgan fingerprint density at radius 1 is 1.15 bits per heavy atom. The Kier molecular flexibility index (Phi) is 3.25. The van der Waals surface area contributed by atoms with Crippen molar-refractivity contribution >= 4 is 39.6 Å². The number of hydrogen-bond acceptors (Lipinski definition) is 5. The Morgan fingerprint density at radius 2 is 1.77 bits per heavy atom. The minimum atomic E-state index is -0.488. The minimum Gasteiger partial charge on any atom is -0.272 e. The van der Waals surface area contributed by atoms with Crippen molar-refractivity contribution in [2.24, 2.45) is 40.6 Å². The van der Waals surface area contributed by atoms with E-state index in [9.17, 15) is 19.7 Å². The van der Waals surface area contributed by atoms with Gasteiger partial charge in [0.15, 0.2) is 0 Å². The lowest BCUT2D eigenvalue weighted by Crippen LogP contribution is -2.40. The highest BCUT2D eigenvalue weighted by Crippen LogP contribution is 2.65. The second-order valence-corrected chi connectivity index (χ2v) is 8.20. The first kappa shape index (κ1) is 15.9. The van der Waals surface area contributed by atoms with Gasteiger partial charge >= 0.3 is 0 Å². The van der Waals surface area contributed by atoms with Crippen molar-refractivity contribution in [3.8, 4) is 0 Å². The van der Waals surface area contributed by atoms with Gasteiger partial charge in [0.1, 0.15) is 0 Å². The van der Waals surface area contributed by atoms with Crippen molar-refractivity contribution in [1.29, 1.82) is 0 Å². The van der Waals surface area contributed by atoms with Gasteiger partial charge in [0.25, 0.3) is 17.5 Å². The number of non-ortho nitro benzene ring substituents is 1. The number of carbonyl (C=O) groups is 2. The maximum Gasteiger partial charge on any atom is 0.270 e. The first-order valence-corrected chi connectivity index (χ1v) is 9.30. The molecule has 5 aliphatic rings. The maximum atomic E-state index is 12.8. The Bertz CT molecular complexity index is 891. The normalized spacial score (nSPS) is 36.6. The van der Waals surface area contributed by atoms with Gasteiger partial charge in [-0.05, 0) is 52.1 Å². The van der Waals surface area contributed by atoms with E-state index in [4.69, 9.17) is 0 Å². The lowest BCUT2D eigenvalue weighted by Gasteiger charge is -2.37. The van der Waals surface area contributed by atoms with Crippen molar-refractivity contribution in [2.75, 3.05) is 0 Å². The number of halogens is 1. The smallest absolute Gasteiger partial charge is 0.270 e. The molecule has 2 bridgehead atoms. The molecule has 1 aliphatic heterocycles. The maximum absolute atomic E-state index is 12.8. The van der Waals surface area contributed by atoms with Gasteiger partial charge in [-0.1, -0.05) is 12.2 Å². The summed E-state index contributed by atoms with van der Waals surface area (Å²) in [5.41, 5.74) is 0.519. The third kappa shape index (κ3) is 2.08. The van der Waals surface area contributed by atoms with Crippen LogP contribution in [0.2, 0.25) is 0 Å². The molecule has 2 amide bonds. The highest BCUT2D eigenvalue weighted by atomic mass is 79.9. The Hall–Kier alpha value is -2.35. The minimum absolute atomic E-state index is 0.0461. The number of allylic oxidation sites excluding steroid dienone is 2. The monoisotopic (exact) mass is 415 g/mol. The summed E-state index contributed by atoms with van der Waals surface area (Å²) in [7, 11) is 0. The quantitative estimate of drug-likeness (QED) is 0.249. The first-order chi connectivity index (χ1) is 12.5. The van der Waals surface area contributed by atoms with E-state index in [-0.39, 0.29) is 41.2 Å². The number of amides is 2. The zero-order valence-electron chi connectivity index (χ0n) is 13.5. The van der Waals surface area contributed by atoms with Crippen LogP contribution in [0.3, 0.4) is 0 Å². The number of carbonyl (C=O) groups excluding carboxylic acids is 2. The lowest BCUT2D eigenvalue weighted by molar-refractivity contribution is -0.384. The molecule has 0 spiro atoms. The molecule has 3 fully saturated rings. The summed E-state index contributed by atoms with van der Waals surface area (Å²) in [6.45, 7) is 0. The molecule has 7 nitrogen and oxygen atoms in total. The van der Waals surface area contributed by atoms with Gasteiger partial charge in [-0.25, -0.2) is 0 Å². The lowest BCUT2D eigenvalue weighted by atomic mass is 9.63. The largest absolute Gasteiger partial charge is 0.272 e. The van der Waals surface area contributed by atoms with E-state index in [2.05, 4.69) is 33.2 Å². The molecule has 26 heavy (non-hydrogen) atoms. The number of nitrogens with zero attached hydrogens (tertiary/aromatic N) is 3. The zero-order chi connectivity index (χ0) is 18.2. The molecule has 2 saturated carbocycles. The molecular formula is C18H14BrN3O4. The van der Waals surface area contributed by atoms with Gasteiger partial charge in [0.2, 0.25) is 0 Å². The fourth-order valence-corrected chi connectivity index (χ4v) is 5.38. The van der Waals surface area contributed by atoms with Crippen molar-refractivity contribution < 1.29 is 14.5 Å². The van der Waals surface area contributed by atoms with E-state index in [0.717, 1.165) is 11.4 Å². The van der Waals surface area contributed by atoms with Crippen LogP contribution in [0, 0.1) is 45.6 Å². The van der Waals surface area contributed by atoms with E-state index in [1.807, 2.05) is 0 Å². The number of rotatable bonds is 3. The second kappa shape index (κ2) is 5.33. The third-order valence-electron chi connectivity index (χ3n) is 6.15. The van der Waals surface area contributed by atoms with Crippen molar-refractivity contribution in [1.82, 2.24) is 5.01 Å². The molecule has 8 heteroatoms. The first-order valence-electron chi connectivity index (χ1n) is 8.51. The van der Waals surface area contributed by atoms with Gasteiger partial charge < -0.3 is 0 Å². The summed E-state index contributed by atoms with van der Waals surface area (Å²) in [4.78, 5) is 35.9. The fraction of sp³-hybridized carbons (Fsp3) is 0.389. The molecule has 0 unspecified atom stereocenters. The Labute approximate surface area is 157 Å². The summed E-state index contributed by atoms with van der Waals surface area (Å²) in [6, 6.07) is 4.26. The number of hydrazone groups is 1. The van der Waals surface area contributed by atoms with Gasteiger partial charge in [0, 0.05) is 22.2 Å². The molecular weight excluding hydrogens is 402 g/mol. The van der Waals surface area contributed by atoms with Gasteiger partial charge in [-0.15, -0.1) is 0 Å². The molecule has 1 heterocycles. The van der Waals surface area contributed by atoms with Crippen LogP contribution < -0.4 is 0 Å². The van der Waals surface area contributed by atoms with Crippen LogP contribution in [0.15, 0.2) is 39.9 Å². The van der Waals surface area contributed by atoms with Crippen LogP contribution in [0.4, 0.5) is 5.69 Å². The molecule has 0 aromatic heterocycles. The number of nitro groups is 1. The summed E-state index contributed by atoms with van der Waals surface area (Å²) < 4.78 is 0.481. The summed E-state index contributed by atoms with van der Waals surface area (Å²) >= 11 is 3.27. The molecule has 1 aromatic carbocycles. The van der Waals surface area contributed by atoms with Gasteiger partial charge in [0.05, 0.1) is 23.0 Å². The molecule has 1 saturated heterocycles. The predicted octanol–water partition coefficient (Wildman–Crippen LogP) is 2.74. The molecule has 0 radical (unpaired) electrons. The number of nitro benzene ring substituents is 1. The van der Waals surface area contributed by atoms with E-state index in [0.29, 0.717) is 21.9 Å². The highest BCUT2D eigenvalue weighted by molar-refractivity contribution is 9.10. The van der Waals surface area contributed by atoms with Crippen molar-refractivity contribution in [3.05, 3.63) is 50.5 Å². The molecule has 4 aliphatic carbocycles. The van der Waals surface area contributed by atoms with Crippen LogP contribution in [0.25, 0.3) is 0 Å². The Morgan fingerprint density at radius 3 is 2.31 bits per heavy atom. The topological polar surface area (TPSA) is 92.9 Å². The molecule has 6 rings (SSSR count). The summed E-state index contributed by atoms with van der Waals surface area (Å²) in [5, 5.41) is 15.9. The predicted molar refractivity (Wildman–Crippen MR) is 94.9 cm³/mol. The standard InChI is InChI=1S/C18H14BrN3O4/c19-14-5-9(22(25)26)2-1-8(14)7-20-21-17(23)15-10-3-4-11(13-6-12(10)13)16(15)18(21)24/h1-5,7,10-13,15-16H,6H2/b20-7-/t10-,11-,12-,13-,15-,16+/m0/s1. The van der Waals surface area contributed by atoms with Crippen LogP contribution >= 0.6 is 15.9 Å². The second-order valence-electron chi connectivity index (χ2n) is 7.35. The van der Waals surface area contributed by atoms with Crippen molar-refractivity contribution in [2.45, 2.75) is 6.42 Å². The zero-order valence-corrected chi connectivity index (χ0v) is 15.1. The van der Waals surface area contributed by atoms with Crippen LogP contribution in [-0.2, 0) is 9.59 Å². The van der Waals surface area contributed by atoms with E-state index in [1.165, 1.54) is 24.4 Å². The Balaban J connectivity index is 1.42. The summed E-state index contributed by atoms with van der Waals surface area (Å²) in [5.74, 6) is 0.428. The van der Waals surface area contributed by atoms with Crippen LogP contribution in [0.1, 0.15) is 12.0 Å². The summed E-state index contributed by atoms with van der Waals surface area (Å²) in [6.07, 6.45) is 6.75. The number of benzene rings is 1. The fourth-order valence-electron chi connectivity index (χ4n) is 4.91. The van der Waals surface area contributed by atoms with E-state index >= 15 is 0 Å². The van der Waals surface area contributed by atoms with E-state index < -0.39 is 4.92 Å². The van der Waals surface area contributed by atoms with E-state index in [1.54, 1.807) is 0 Å². The number of imide groups is 1. The van der Waals surface area contributed by atoms with Gasteiger partial charge in [-0.3, -0.25) is 19.7 Å². The van der Waals surface area contributed by atoms with Crippen molar-refractivity contribution in [3.63, 3.8) is 0 Å². The third-order valence-corrected chi connectivity index (χ3v) is 6.83. The average molecular weight is 416 g/mol. The van der Waals surface area contributed by atoms with Gasteiger partial charge in [-0.2, -0.15) is 10.1 Å². The van der Waals surface area contributed by atoms with Crippen LogP contribution in [-0.4, -0.2) is 28.0 Å². The van der Waals surface area contributed by atoms with Crippen LogP contribution in [0.5, 0.6) is 0 Å². The molecule has 1 aromatic rings. The average Bonchev–Trinajstić information content (AvgIpc) is 3.40. The molecule has 0 N–H and O–H groups in total. The molecule has 132 valence electrons. The SMILES string of the molecule is O=C1[C@@H]2[C@H]3C=C[C@@H]([C@@H]4C[C@@H]34)[C@@H]2C(=O)N1/N=C\c1ccc([N+](=O)[O-])cc1Br. The number of hydrogen-bond donors (Lipinski definition) is 0.